The molecule has 0 saturated heterocycles. The fourth-order valence-corrected chi connectivity index (χ4v) is 3.58. The molecule has 38 heavy (non-hydrogen) atoms. The van der Waals surface area contributed by atoms with Crippen LogP contribution in [0, 0.1) is 0 Å². The number of carbonyl (C=O) groups excluding carboxylic acids is 2. The zero-order valence-electron chi connectivity index (χ0n) is 23.1. The van der Waals surface area contributed by atoms with Crippen molar-refractivity contribution in [2.75, 3.05) is 28.4 Å². The maximum absolute atomic E-state index is 12.1. The molecule has 2 aromatic rings. The van der Waals surface area contributed by atoms with Gasteiger partial charge in [-0.05, 0) is 63.1 Å². The average Bonchev–Trinajstić information content (AvgIpc) is 2.95. The summed E-state index contributed by atoms with van der Waals surface area (Å²) in [5.74, 6) is 2.15. The van der Waals surface area contributed by atoms with E-state index in [0.29, 0.717) is 47.3 Å². The van der Waals surface area contributed by atoms with Crippen molar-refractivity contribution in [2.24, 2.45) is 10.2 Å². The number of ether oxygens (including phenoxy) is 4. The Hall–Kier alpha value is -4.08. The van der Waals surface area contributed by atoms with Crippen molar-refractivity contribution in [3.05, 3.63) is 47.5 Å². The number of methoxy groups -OCH3 is 4. The van der Waals surface area contributed by atoms with Crippen LogP contribution >= 0.6 is 0 Å². The molecule has 2 aromatic carbocycles. The van der Waals surface area contributed by atoms with Gasteiger partial charge in [0.25, 0.3) is 0 Å². The number of hydrogen-bond donors (Lipinski definition) is 2. The molecule has 0 saturated carbocycles. The minimum absolute atomic E-state index is 0.150. The number of rotatable bonds is 15. The minimum Gasteiger partial charge on any atom is -0.493 e. The van der Waals surface area contributed by atoms with Crippen molar-refractivity contribution < 1.29 is 28.5 Å². The molecule has 0 aliphatic heterocycles. The summed E-state index contributed by atoms with van der Waals surface area (Å²) in [7, 11) is 6.29. The Bertz CT molecular complexity index is 1060. The highest BCUT2D eigenvalue weighted by Gasteiger charge is 2.09. The van der Waals surface area contributed by atoms with Crippen LogP contribution in [0.2, 0.25) is 0 Å². The summed E-state index contributed by atoms with van der Waals surface area (Å²) < 4.78 is 21.1. The van der Waals surface area contributed by atoms with E-state index in [-0.39, 0.29) is 11.8 Å². The molecule has 0 unspecified atom stereocenters. The fraction of sp³-hybridized carbons (Fsp3) is 0.429. The van der Waals surface area contributed by atoms with Crippen LogP contribution in [0.15, 0.2) is 46.6 Å². The van der Waals surface area contributed by atoms with Gasteiger partial charge in [-0.3, -0.25) is 9.59 Å². The molecule has 2 N–H and O–H groups in total. The van der Waals surface area contributed by atoms with Crippen molar-refractivity contribution in [3.63, 3.8) is 0 Å². The van der Waals surface area contributed by atoms with Gasteiger partial charge in [0, 0.05) is 24.0 Å². The van der Waals surface area contributed by atoms with Crippen LogP contribution in [-0.4, -0.2) is 51.7 Å². The number of hydrazone groups is 2. The van der Waals surface area contributed by atoms with Gasteiger partial charge in [-0.1, -0.05) is 12.8 Å². The van der Waals surface area contributed by atoms with E-state index in [9.17, 15) is 9.59 Å². The standard InChI is InChI=1S/C28H38N4O6/c1-19(21-13-15-23(35-3)25(17-21)37-5)29-31-27(33)11-9-7-8-10-12-28(34)32-30-20(2)22-14-16-24(36-4)26(18-22)38-6/h13-18H,7-12H2,1-6H3,(H,31,33)(H,32,34). The van der Waals surface area contributed by atoms with E-state index in [4.69, 9.17) is 18.9 Å². The quantitative estimate of drug-likeness (QED) is 0.201. The Morgan fingerprint density at radius 3 is 1.32 bits per heavy atom. The lowest BCUT2D eigenvalue weighted by Crippen LogP contribution is -2.19. The summed E-state index contributed by atoms with van der Waals surface area (Å²) in [6.45, 7) is 3.62. The van der Waals surface area contributed by atoms with Crippen LogP contribution in [0.4, 0.5) is 0 Å². The zero-order valence-corrected chi connectivity index (χ0v) is 23.1. The maximum Gasteiger partial charge on any atom is 0.240 e. The van der Waals surface area contributed by atoms with Crippen molar-refractivity contribution in [2.45, 2.75) is 52.4 Å². The second-order valence-electron chi connectivity index (χ2n) is 8.52. The summed E-state index contributed by atoms with van der Waals surface area (Å²) in [5, 5.41) is 8.36. The molecule has 0 fully saturated rings. The van der Waals surface area contributed by atoms with E-state index in [1.54, 1.807) is 40.6 Å². The predicted octanol–water partition coefficient (Wildman–Crippen LogP) is 4.44. The third-order valence-electron chi connectivity index (χ3n) is 5.86. The highest BCUT2D eigenvalue weighted by atomic mass is 16.5. The molecular formula is C28H38N4O6. The molecule has 0 heterocycles. The van der Waals surface area contributed by atoms with Crippen LogP contribution in [0.5, 0.6) is 23.0 Å². The van der Waals surface area contributed by atoms with Gasteiger partial charge in [0.05, 0.1) is 39.9 Å². The molecule has 10 nitrogen and oxygen atoms in total. The van der Waals surface area contributed by atoms with Gasteiger partial charge in [-0.15, -0.1) is 0 Å². The number of nitrogens with one attached hydrogen (secondary N) is 2. The number of nitrogens with zero attached hydrogens (tertiary/aromatic N) is 2. The van der Waals surface area contributed by atoms with E-state index >= 15 is 0 Å². The third-order valence-corrected chi connectivity index (χ3v) is 5.86. The highest BCUT2D eigenvalue weighted by molar-refractivity contribution is 6.00. The van der Waals surface area contributed by atoms with E-state index in [1.165, 1.54) is 0 Å². The van der Waals surface area contributed by atoms with Crippen LogP contribution in [0.25, 0.3) is 0 Å². The largest absolute Gasteiger partial charge is 0.493 e. The number of hydrogen-bond acceptors (Lipinski definition) is 8. The first kappa shape index (κ1) is 30.1. The first-order valence-electron chi connectivity index (χ1n) is 12.4. The Balaban J connectivity index is 1.66. The van der Waals surface area contributed by atoms with Gasteiger partial charge >= 0.3 is 0 Å². The number of benzene rings is 2. The SMILES string of the molecule is COc1ccc(C(C)=NNC(=O)CCCCCCC(=O)NN=C(C)c2ccc(OC)c(OC)c2)cc1OC. The number of carbonyl (C=O) groups is 2. The molecule has 0 bridgehead atoms. The molecule has 10 heteroatoms. The monoisotopic (exact) mass is 526 g/mol. The first-order valence-corrected chi connectivity index (χ1v) is 12.4. The van der Waals surface area contributed by atoms with Crippen molar-refractivity contribution in [3.8, 4) is 23.0 Å². The molecular weight excluding hydrogens is 488 g/mol. The van der Waals surface area contributed by atoms with E-state index in [2.05, 4.69) is 21.1 Å². The average molecular weight is 527 g/mol. The summed E-state index contributed by atoms with van der Waals surface area (Å²) in [4.78, 5) is 24.3. The van der Waals surface area contributed by atoms with Gasteiger partial charge in [0.15, 0.2) is 23.0 Å². The normalized spacial score (nSPS) is 11.5. The van der Waals surface area contributed by atoms with Crippen molar-refractivity contribution in [1.82, 2.24) is 10.9 Å². The molecule has 206 valence electrons. The van der Waals surface area contributed by atoms with E-state index < -0.39 is 0 Å². The van der Waals surface area contributed by atoms with Gasteiger partial charge in [0.1, 0.15) is 0 Å². The molecule has 0 aliphatic rings. The van der Waals surface area contributed by atoms with Crippen LogP contribution in [-0.2, 0) is 9.59 Å². The Morgan fingerprint density at radius 1 is 0.605 bits per heavy atom. The van der Waals surface area contributed by atoms with Crippen LogP contribution in [0.3, 0.4) is 0 Å². The number of amides is 2. The lowest BCUT2D eigenvalue weighted by molar-refractivity contribution is -0.122. The molecule has 0 aliphatic carbocycles. The summed E-state index contributed by atoms with van der Waals surface area (Å²) >= 11 is 0. The molecule has 0 aromatic heterocycles. The van der Waals surface area contributed by atoms with Gasteiger partial charge in [-0.25, -0.2) is 10.9 Å². The van der Waals surface area contributed by atoms with Crippen molar-refractivity contribution >= 4 is 23.2 Å². The smallest absolute Gasteiger partial charge is 0.240 e. The topological polar surface area (TPSA) is 120 Å². The summed E-state index contributed by atoms with van der Waals surface area (Å²) in [5.41, 5.74) is 8.16. The van der Waals surface area contributed by atoms with E-state index in [0.717, 1.165) is 36.8 Å². The molecule has 0 atom stereocenters. The fourth-order valence-electron chi connectivity index (χ4n) is 3.58. The third kappa shape index (κ3) is 9.42. The lowest BCUT2D eigenvalue weighted by atomic mass is 10.1. The first-order chi connectivity index (χ1) is 18.3. The van der Waals surface area contributed by atoms with Gasteiger partial charge in [-0.2, -0.15) is 10.2 Å². The molecule has 2 amide bonds. The summed E-state index contributed by atoms with van der Waals surface area (Å²) in [6.07, 6.45) is 3.84. The second-order valence-corrected chi connectivity index (χ2v) is 8.52. The highest BCUT2D eigenvalue weighted by Crippen LogP contribution is 2.28. The zero-order chi connectivity index (χ0) is 27.9. The maximum atomic E-state index is 12.1. The Morgan fingerprint density at radius 2 is 0.974 bits per heavy atom. The van der Waals surface area contributed by atoms with Crippen molar-refractivity contribution in [1.29, 1.82) is 0 Å². The van der Waals surface area contributed by atoms with Crippen LogP contribution < -0.4 is 29.8 Å². The molecule has 0 radical (unpaired) electrons. The molecule has 2 rings (SSSR count). The second kappa shape index (κ2) is 15.9. The minimum atomic E-state index is -0.150. The van der Waals surface area contributed by atoms with Gasteiger partial charge in [0.2, 0.25) is 11.8 Å². The lowest BCUT2D eigenvalue weighted by Gasteiger charge is -2.09. The molecule has 0 spiro atoms. The van der Waals surface area contributed by atoms with Gasteiger partial charge < -0.3 is 18.9 Å². The Kier molecular flexibility index (Phi) is 12.6. The Labute approximate surface area is 224 Å². The van der Waals surface area contributed by atoms with Crippen LogP contribution in [0.1, 0.15) is 63.5 Å². The number of unbranched alkanes of at least 4 members (excludes halogenated alkanes) is 3. The summed E-state index contributed by atoms with van der Waals surface area (Å²) in [6, 6.07) is 10.9. The predicted molar refractivity (Wildman–Crippen MR) is 148 cm³/mol. The van der Waals surface area contributed by atoms with E-state index in [1.807, 2.05) is 38.1 Å².